The summed E-state index contributed by atoms with van der Waals surface area (Å²) in [6.07, 6.45) is 3.63. The molecule has 0 atom stereocenters. The van der Waals surface area contributed by atoms with Gasteiger partial charge in [0, 0.05) is 23.8 Å². The van der Waals surface area contributed by atoms with E-state index in [1.54, 1.807) is 24.3 Å². The van der Waals surface area contributed by atoms with E-state index >= 15 is 0 Å². The summed E-state index contributed by atoms with van der Waals surface area (Å²) < 4.78 is 0. The Morgan fingerprint density at radius 3 is 2.64 bits per heavy atom. The number of likely N-dealkylation sites (tertiary alicyclic amines) is 1. The van der Waals surface area contributed by atoms with E-state index in [1.165, 1.54) is 19.0 Å². The SMILES string of the molecule is O=[N+]([O-])c1cnc(Nc2ccc(Cl)cc2)nc1NCCN1CCCC1. The lowest BCUT2D eigenvalue weighted by atomic mass is 10.3. The van der Waals surface area contributed by atoms with Crippen molar-refractivity contribution in [1.29, 1.82) is 0 Å². The molecule has 1 fully saturated rings. The fourth-order valence-electron chi connectivity index (χ4n) is 2.70. The molecule has 1 saturated heterocycles. The molecule has 8 nitrogen and oxygen atoms in total. The summed E-state index contributed by atoms with van der Waals surface area (Å²) in [5.74, 6) is 0.507. The number of hydrogen-bond acceptors (Lipinski definition) is 7. The topological polar surface area (TPSA) is 96.2 Å². The quantitative estimate of drug-likeness (QED) is 0.576. The van der Waals surface area contributed by atoms with Crippen LogP contribution in [0.2, 0.25) is 5.02 Å². The van der Waals surface area contributed by atoms with Crippen LogP contribution in [0.3, 0.4) is 0 Å². The van der Waals surface area contributed by atoms with Crippen molar-refractivity contribution in [3.8, 4) is 0 Å². The van der Waals surface area contributed by atoms with Gasteiger partial charge in [-0.2, -0.15) is 4.98 Å². The number of hydrogen-bond donors (Lipinski definition) is 2. The summed E-state index contributed by atoms with van der Waals surface area (Å²) in [5, 5.41) is 17.9. The van der Waals surface area contributed by atoms with Gasteiger partial charge in [0.1, 0.15) is 6.20 Å². The van der Waals surface area contributed by atoms with Crippen molar-refractivity contribution in [3.63, 3.8) is 0 Å². The van der Waals surface area contributed by atoms with Crippen molar-refractivity contribution in [2.24, 2.45) is 0 Å². The molecule has 0 unspecified atom stereocenters. The van der Waals surface area contributed by atoms with Crippen LogP contribution in [0.1, 0.15) is 12.8 Å². The summed E-state index contributed by atoms with van der Waals surface area (Å²) in [6.45, 7) is 3.59. The van der Waals surface area contributed by atoms with Gasteiger partial charge in [0.25, 0.3) is 0 Å². The average Bonchev–Trinajstić information content (AvgIpc) is 3.10. The lowest BCUT2D eigenvalue weighted by Crippen LogP contribution is -2.26. The molecule has 25 heavy (non-hydrogen) atoms. The standard InChI is InChI=1S/C16H19ClN6O2/c17-12-3-5-13(6-4-12)20-16-19-11-14(23(24)25)15(21-16)18-7-10-22-8-1-2-9-22/h3-6,11H,1-2,7-10H2,(H2,18,19,20,21). The van der Waals surface area contributed by atoms with Gasteiger partial charge in [-0.1, -0.05) is 11.6 Å². The van der Waals surface area contributed by atoms with Gasteiger partial charge in [0.15, 0.2) is 0 Å². The number of nitro groups is 1. The molecule has 132 valence electrons. The third kappa shape index (κ3) is 4.77. The summed E-state index contributed by atoms with van der Waals surface area (Å²) in [6, 6.07) is 7.05. The van der Waals surface area contributed by atoms with E-state index in [1.807, 2.05) is 0 Å². The van der Waals surface area contributed by atoms with Crippen molar-refractivity contribution >= 4 is 34.7 Å². The Balaban J connectivity index is 1.69. The first kappa shape index (κ1) is 17.4. The molecule has 1 aromatic heterocycles. The Hall–Kier alpha value is -2.45. The van der Waals surface area contributed by atoms with Crippen LogP contribution in [0, 0.1) is 10.1 Å². The predicted octanol–water partition coefficient (Wildman–Crippen LogP) is 3.29. The molecule has 0 bridgehead atoms. The minimum atomic E-state index is -0.482. The maximum Gasteiger partial charge on any atom is 0.329 e. The van der Waals surface area contributed by atoms with E-state index in [0.29, 0.717) is 11.6 Å². The molecule has 0 radical (unpaired) electrons. The van der Waals surface area contributed by atoms with Gasteiger partial charge in [-0.25, -0.2) is 4.98 Å². The minimum Gasteiger partial charge on any atom is -0.363 e. The van der Waals surface area contributed by atoms with Crippen molar-refractivity contribution in [3.05, 3.63) is 45.6 Å². The Kier molecular flexibility index (Phi) is 5.62. The molecule has 2 aromatic rings. The molecule has 0 amide bonds. The summed E-state index contributed by atoms with van der Waals surface area (Å²) in [7, 11) is 0. The zero-order chi connectivity index (χ0) is 17.6. The summed E-state index contributed by atoms with van der Waals surface area (Å²) in [4.78, 5) is 21.3. The van der Waals surface area contributed by atoms with Gasteiger partial charge in [0.2, 0.25) is 11.8 Å². The normalized spacial score (nSPS) is 14.4. The highest BCUT2D eigenvalue weighted by Gasteiger charge is 2.18. The van der Waals surface area contributed by atoms with Crippen LogP contribution >= 0.6 is 11.6 Å². The third-order valence-electron chi connectivity index (χ3n) is 3.99. The van der Waals surface area contributed by atoms with Crippen molar-refractivity contribution in [2.45, 2.75) is 12.8 Å². The fourth-order valence-corrected chi connectivity index (χ4v) is 2.83. The van der Waals surface area contributed by atoms with Gasteiger partial charge in [0.05, 0.1) is 4.92 Å². The molecule has 0 saturated carbocycles. The number of rotatable bonds is 7. The number of anilines is 3. The fraction of sp³-hybridized carbons (Fsp3) is 0.375. The van der Waals surface area contributed by atoms with Crippen LogP contribution in [0.5, 0.6) is 0 Å². The lowest BCUT2D eigenvalue weighted by Gasteiger charge is -2.15. The highest BCUT2D eigenvalue weighted by atomic mass is 35.5. The Morgan fingerprint density at radius 1 is 1.24 bits per heavy atom. The van der Waals surface area contributed by atoms with Crippen LogP contribution in [0.4, 0.5) is 23.1 Å². The largest absolute Gasteiger partial charge is 0.363 e. The zero-order valence-corrected chi connectivity index (χ0v) is 14.4. The maximum absolute atomic E-state index is 11.2. The third-order valence-corrected chi connectivity index (χ3v) is 4.24. The monoisotopic (exact) mass is 362 g/mol. The molecule has 2 heterocycles. The lowest BCUT2D eigenvalue weighted by molar-refractivity contribution is -0.384. The number of aromatic nitrogens is 2. The summed E-state index contributed by atoms with van der Waals surface area (Å²) in [5.41, 5.74) is 0.615. The summed E-state index contributed by atoms with van der Waals surface area (Å²) >= 11 is 5.86. The van der Waals surface area contributed by atoms with Crippen LogP contribution in [0.25, 0.3) is 0 Å². The maximum atomic E-state index is 11.2. The molecule has 1 aromatic carbocycles. The second-order valence-corrected chi connectivity index (χ2v) is 6.23. The molecule has 9 heteroatoms. The molecular formula is C16H19ClN6O2. The first-order valence-corrected chi connectivity index (χ1v) is 8.50. The molecule has 0 spiro atoms. The van der Waals surface area contributed by atoms with Gasteiger partial charge in [-0.15, -0.1) is 0 Å². The van der Waals surface area contributed by atoms with Crippen LogP contribution in [0.15, 0.2) is 30.5 Å². The van der Waals surface area contributed by atoms with Crippen molar-refractivity contribution in [1.82, 2.24) is 14.9 Å². The van der Waals surface area contributed by atoms with E-state index in [9.17, 15) is 10.1 Å². The number of halogens is 1. The highest BCUT2D eigenvalue weighted by molar-refractivity contribution is 6.30. The van der Waals surface area contributed by atoms with E-state index in [2.05, 4.69) is 25.5 Å². The first-order valence-electron chi connectivity index (χ1n) is 8.12. The molecule has 3 rings (SSSR count). The van der Waals surface area contributed by atoms with Gasteiger partial charge in [-0.05, 0) is 50.2 Å². The molecular weight excluding hydrogens is 344 g/mol. The predicted molar refractivity (Wildman–Crippen MR) is 97.6 cm³/mol. The van der Waals surface area contributed by atoms with Crippen LogP contribution in [-0.4, -0.2) is 46.0 Å². The molecule has 2 N–H and O–H groups in total. The second-order valence-electron chi connectivity index (χ2n) is 5.79. The Morgan fingerprint density at radius 2 is 1.96 bits per heavy atom. The van der Waals surface area contributed by atoms with Crippen molar-refractivity contribution in [2.75, 3.05) is 36.8 Å². The molecule has 1 aliphatic rings. The minimum absolute atomic E-state index is 0.136. The van der Waals surface area contributed by atoms with Gasteiger partial charge < -0.3 is 15.5 Å². The van der Waals surface area contributed by atoms with Gasteiger partial charge >= 0.3 is 5.69 Å². The van der Waals surface area contributed by atoms with E-state index in [4.69, 9.17) is 11.6 Å². The average molecular weight is 363 g/mol. The van der Waals surface area contributed by atoms with E-state index < -0.39 is 4.92 Å². The van der Waals surface area contributed by atoms with Crippen LogP contribution in [-0.2, 0) is 0 Å². The smallest absolute Gasteiger partial charge is 0.329 e. The number of benzene rings is 1. The number of nitrogens with zero attached hydrogens (tertiary/aromatic N) is 4. The zero-order valence-electron chi connectivity index (χ0n) is 13.6. The number of nitrogens with one attached hydrogen (secondary N) is 2. The molecule has 1 aliphatic heterocycles. The molecule has 0 aliphatic carbocycles. The van der Waals surface area contributed by atoms with E-state index in [-0.39, 0.29) is 17.5 Å². The van der Waals surface area contributed by atoms with Gasteiger partial charge in [-0.3, -0.25) is 10.1 Å². The van der Waals surface area contributed by atoms with E-state index in [0.717, 1.165) is 25.3 Å². The Labute approximate surface area is 150 Å². The second kappa shape index (κ2) is 8.09. The highest BCUT2D eigenvalue weighted by Crippen LogP contribution is 2.24. The van der Waals surface area contributed by atoms with Crippen LogP contribution < -0.4 is 10.6 Å². The first-order chi connectivity index (χ1) is 12.1. The van der Waals surface area contributed by atoms with Crippen molar-refractivity contribution < 1.29 is 4.92 Å². The Bertz CT molecular complexity index is 734.